The van der Waals surface area contributed by atoms with Crippen molar-refractivity contribution in [2.24, 2.45) is 0 Å². The molecular weight excluding hydrogens is 232 g/mol. The molecule has 19 heavy (non-hydrogen) atoms. The summed E-state index contributed by atoms with van der Waals surface area (Å²) in [5.41, 5.74) is 1.87. The van der Waals surface area contributed by atoms with Gasteiger partial charge in [0.1, 0.15) is 5.78 Å². The summed E-state index contributed by atoms with van der Waals surface area (Å²) in [5, 5.41) is 0. The molecule has 0 N–H and O–H groups in total. The SMILES string of the molecule is CCC(=O)C(C)(Cc1ccccc1)c1ccccc1. The van der Waals surface area contributed by atoms with Crippen LogP contribution in [0.15, 0.2) is 60.7 Å². The molecule has 0 aromatic heterocycles. The van der Waals surface area contributed by atoms with Crippen molar-refractivity contribution in [2.75, 3.05) is 0 Å². The van der Waals surface area contributed by atoms with E-state index in [1.165, 1.54) is 5.56 Å². The predicted octanol–water partition coefficient (Wildman–Crippen LogP) is 4.17. The number of carbonyl (C=O) groups excluding carboxylic acids is 1. The Labute approximate surface area is 115 Å². The average Bonchev–Trinajstić information content (AvgIpc) is 2.48. The standard InChI is InChI=1S/C18H20O/c1-3-17(19)18(2,16-12-8-5-9-13-16)14-15-10-6-4-7-11-15/h4-13H,3,14H2,1-2H3. The van der Waals surface area contributed by atoms with Crippen molar-refractivity contribution in [3.8, 4) is 0 Å². The maximum Gasteiger partial charge on any atom is 0.143 e. The third-order valence-electron chi connectivity index (χ3n) is 3.75. The van der Waals surface area contributed by atoms with E-state index in [1.807, 2.05) is 43.3 Å². The molecule has 98 valence electrons. The van der Waals surface area contributed by atoms with E-state index in [2.05, 4.69) is 31.2 Å². The summed E-state index contributed by atoms with van der Waals surface area (Å²) in [6.07, 6.45) is 1.32. The van der Waals surface area contributed by atoms with Crippen LogP contribution in [-0.2, 0) is 16.6 Å². The van der Waals surface area contributed by atoms with Crippen molar-refractivity contribution in [3.05, 3.63) is 71.8 Å². The Hall–Kier alpha value is -1.89. The lowest BCUT2D eigenvalue weighted by molar-refractivity contribution is -0.123. The van der Waals surface area contributed by atoms with Gasteiger partial charge in [0.25, 0.3) is 0 Å². The van der Waals surface area contributed by atoms with Gasteiger partial charge in [-0.1, -0.05) is 67.6 Å². The van der Waals surface area contributed by atoms with E-state index >= 15 is 0 Å². The molecule has 1 heteroatoms. The second kappa shape index (κ2) is 5.83. The largest absolute Gasteiger partial charge is 0.299 e. The Morgan fingerprint density at radius 2 is 1.47 bits per heavy atom. The Balaban J connectivity index is 2.39. The maximum atomic E-state index is 12.4. The lowest BCUT2D eigenvalue weighted by atomic mass is 9.73. The summed E-state index contributed by atoms with van der Waals surface area (Å²) in [6, 6.07) is 20.3. The van der Waals surface area contributed by atoms with Gasteiger partial charge in [0.2, 0.25) is 0 Å². The number of hydrogen-bond donors (Lipinski definition) is 0. The maximum absolute atomic E-state index is 12.4. The number of hydrogen-bond acceptors (Lipinski definition) is 1. The summed E-state index contributed by atoms with van der Waals surface area (Å²) in [4.78, 5) is 12.4. The summed E-state index contributed by atoms with van der Waals surface area (Å²) >= 11 is 0. The molecule has 0 aliphatic heterocycles. The molecule has 0 fully saturated rings. The molecule has 1 unspecified atom stereocenters. The first-order chi connectivity index (χ1) is 9.16. The molecule has 1 nitrogen and oxygen atoms in total. The van der Waals surface area contributed by atoms with Crippen molar-refractivity contribution in [1.29, 1.82) is 0 Å². The van der Waals surface area contributed by atoms with E-state index < -0.39 is 5.41 Å². The van der Waals surface area contributed by atoms with E-state index in [0.717, 1.165) is 12.0 Å². The molecule has 0 saturated carbocycles. The van der Waals surface area contributed by atoms with E-state index in [1.54, 1.807) is 0 Å². The first-order valence-electron chi connectivity index (χ1n) is 6.79. The molecule has 2 aromatic rings. The zero-order valence-corrected chi connectivity index (χ0v) is 11.6. The molecular formula is C18H20O. The number of carbonyl (C=O) groups is 1. The van der Waals surface area contributed by atoms with E-state index in [-0.39, 0.29) is 0 Å². The normalized spacial score (nSPS) is 13.8. The minimum atomic E-state index is -0.433. The van der Waals surface area contributed by atoms with E-state index in [9.17, 15) is 4.79 Å². The molecule has 0 amide bonds. The highest BCUT2D eigenvalue weighted by Gasteiger charge is 2.33. The Bertz CT molecular complexity index is 530. The number of benzene rings is 2. The lowest BCUT2D eigenvalue weighted by Crippen LogP contribution is -2.34. The van der Waals surface area contributed by atoms with Gasteiger partial charge in [0.15, 0.2) is 0 Å². The molecule has 0 aliphatic carbocycles. The van der Waals surface area contributed by atoms with E-state index in [4.69, 9.17) is 0 Å². The van der Waals surface area contributed by atoms with Crippen LogP contribution in [0.2, 0.25) is 0 Å². The molecule has 0 heterocycles. The summed E-state index contributed by atoms with van der Waals surface area (Å²) in [6.45, 7) is 4.00. The van der Waals surface area contributed by atoms with Crippen LogP contribution >= 0.6 is 0 Å². The number of ketones is 1. The molecule has 2 rings (SSSR count). The predicted molar refractivity (Wildman–Crippen MR) is 79.2 cm³/mol. The van der Waals surface area contributed by atoms with Crippen LogP contribution in [0.5, 0.6) is 0 Å². The molecule has 0 radical (unpaired) electrons. The third kappa shape index (κ3) is 2.93. The second-order valence-electron chi connectivity index (χ2n) is 5.14. The smallest absolute Gasteiger partial charge is 0.143 e. The summed E-state index contributed by atoms with van der Waals surface area (Å²) in [7, 11) is 0. The molecule has 0 aliphatic rings. The second-order valence-corrected chi connectivity index (χ2v) is 5.14. The van der Waals surface area contributed by atoms with Crippen molar-refractivity contribution in [1.82, 2.24) is 0 Å². The average molecular weight is 252 g/mol. The van der Waals surface area contributed by atoms with E-state index in [0.29, 0.717) is 12.2 Å². The highest BCUT2D eigenvalue weighted by molar-refractivity contribution is 5.89. The van der Waals surface area contributed by atoms with Gasteiger partial charge < -0.3 is 0 Å². The van der Waals surface area contributed by atoms with Crippen molar-refractivity contribution < 1.29 is 4.79 Å². The van der Waals surface area contributed by atoms with Gasteiger partial charge in [0.05, 0.1) is 5.41 Å². The van der Waals surface area contributed by atoms with Gasteiger partial charge in [-0.05, 0) is 24.5 Å². The van der Waals surface area contributed by atoms with Crippen LogP contribution in [0.1, 0.15) is 31.4 Å². The molecule has 0 bridgehead atoms. The summed E-state index contributed by atoms with van der Waals surface area (Å²) in [5.74, 6) is 0.294. The van der Waals surface area contributed by atoms with Gasteiger partial charge in [-0.3, -0.25) is 4.79 Å². The van der Waals surface area contributed by atoms with Crippen LogP contribution in [0.4, 0.5) is 0 Å². The topological polar surface area (TPSA) is 17.1 Å². The number of rotatable bonds is 5. The first kappa shape index (κ1) is 13.5. The number of Topliss-reactive ketones (excluding diaryl/α,β-unsaturated/α-hetero) is 1. The molecule has 1 atom stereocenters. The van der Waals surface area contributed by atoms with Gasteiger partial charge in [0, 0.05) is 6.42 Å². The van der Waals surface area contributed by atoms with Crippen LogP contribution in [0, 0.1) is 0 Å². The monoisotopic (exact) mass is 252 g/mol. The van der Waals surface area contributed by atoms with Crippen LogP contribution < -0.4 is 0 Å². The fourth-order valence-corrected chi connectivity index (χ4v) is 2.56. The van der Waals surface area contributed by atoms with Gasteiger partial charge in [-0.25, -0.2) is 0 Å². The van der Waals surface area contributed by atoms with Crippen molar-refractivity contribution in [3.63, 3.8) is 0 Å². The lowest BCUT2D eigenvalue weighted by Gasteiger charge is -2.28. The highest BCUT2D eigenvalue weighted by Crippen LogP contribution is 2.30. The van der Waals surface area contributed by atoms with Gasteiger partial charge in [-0.2, -0.15) is 0 Å². The zero-order valence-electron chi connectivity index (χ0n) is 11.6. The fourth-order valence-electron chi connectivity index (χ4n) is 2.56. The molecule has 0 saturated heterocycles. The Morgan fingerprint density at radius 1 is 0.947 bits per heavy atom. The zero-order chi connectivity index (χ0) is 13.7. The minimum absolute atomic E-state index is 0.294. The minimum Gasteiger partial charge on any atom is -0.299 e. The quantitative estimate of drug-likeness (QED) is 0.780. The third-order valence-corrected chi connectivity index (χ3v) is 3.75. The highest BCUT2D eigenvalue weighted by atomic mass is 16.1. The van der Waals surface area contributed by atoms with Crippen molar-refractivity contribution in [2.45, 2.75) is 32.1 Å². The van der Waals surface area contributed by atoms with Gasteiger partial charge >= 0.3 is 0 Å². The first-order valence-corrected chi connectivity index (χ1v) is 6.79. The van der Waals surface area contributed by atoms with Crippen LogP contribution in [-0.4, -0.2) is 5.78 Å². The van der Waals surface area contributed by atoms with Gasteiger partial charge in [-0.15, -0.1) is 0 Å². The molecule has 0 spiro atoms. The Kier molecular flexibility index (Phi) is 4.16. The Morgan fingerprint density at radius 3 is 2.00 bits per heavy atom. The van der Waals surface area contributed by atoms with Crippen LogP contribution in [0.25, 0.3) is 0 Å². The molecule has 2 aromatic carbocycles. The van der Waals surface area contributed by atoms with Crippen LogP contribution in [0.3, 0.4) is 0 Å². The van der Waals surface area contributed by atoms with Crippen molar-refractivity contribution >= 4 is 5.78 Å². The summed E-state index contributed by atoms with van der Waals surface area (Å²) < 4.78 is 0. The fraction of sp³-hybridized carbons (Fsp3) is 0.278.